The van der Waals surface area contributed by atoms with Gasteiger partial charge in [-0.2, -0.15) is 5.48 Å². The van der Waals surface area contributed by atoms with Gasteiger partial charge in [-0.3, -0.25) is 10.1 Å². The molecule has 0 amide bonds. The maximum absolute atomic E-state index is 10.4. The van der Waals surface area contributed by atoms with Gasteiger partial charge in [0.05, 0.1) is 7.11 Å². The predicted molar refractivity (Wildman–Crippen MR) is 63.6 cm³/mol. The highest BCUT2D eigenvalue weighted by Crippen LogP contribution is 2.13. The number of nitrogens with zero attached hydrogens (tertiary/aromatic N) is 1. The van der Waals surface area contributed by atoms with Crippen LogP contribution in [0.5, 0.6) is 0 Å². The normalized spacial score (nSPS) is 12.4. The molecule has 5 nitrogen and oxygen atoms in total. The average Bonchev–Trinajstić information content (AvgIpc) is 2.16. The zero-order chi connectivity index (χ0) is 12.0. The molecule has 88 valence electrons. The fourth-order valence-corrected chi connectivity index (χ4v) is 1.89. The molecule has 0 fully saturated rings. The molecular formula is C10H13BrN2O3. The van der Waals surface area contributed by atoms with Crippen molar-refractivity contribution < 1.29 is 9.76 Å². The standard InChI is InChI=1S/C10H13BrN2O3/c1-16-12-10(7-13(14)15)6-8-3-2-4-9(11)5-8/h2-5,10,12H,6-7H2,1H3. The molecule has 0 saturated carbocycles. The Hall–Kier alpha value is -0.980. The summed E-state index contributed by atoms with van der Waals surface area (Å²) in [7, 11) is 1.45. The van der Waals surface area contributed by atoms with Crippen LogP contribution in [0.15, 0.2) is 28.7 Å². The van der Waals surface area contributed by atoms with Crippen molar-refractivity contribution in [3.63, 3.8) is 0 Å². The minimum Gasteiger partial charge on any atom is -0.305 e. The van der Waals surface area contributed by atoms with Crippen LogP contribution < -0.4 is 5.48 Å². The molecule has 0 aromatic heterocycles. The SMILES string of the molecule is CONC(Cc1cccc(Br)c1)C[N+](=O)[O-]. The van der Waals surface area contributed by atoms with E-state index in [4.69, 9.17) is 4.84 Å². The van der Waals surface area contributed by atoms with Gasteiger partial charge in [-0.05, 0) is 24.1 Å². The van der Waals surface area contributed by atoms with Crippen LogP contribution in [0.25, 0.3) is 0 Å². The lowest BCUT2D eigenvalue weighted by molar-refractivity contribution is -0.485. The quantitative estimate of drug-likeness (QED) is 0.640. The van der Waals surface area contributed by atoms with Gasteiger partial charge in [0.25, 0.3) is 0 Å². The molecule has 0 heterocycles. The van der Waals surface area contributed by atoms with Crippen molar-refractivity contribution >= 4 is 15.9 Å². The molecule has 0 radical (unpaired) electrons. The summed E-state index contributed by atoms with van der Waals surface area (Å²) in [6, 6.07) is 7.35. The van der Waals surface area contributed by atoms with E-state index >= 15 is 0 Å². The van der Waals surface area contributed by atoms with E-state index in [1.165, 1.54) is 7.11 Å². The van der Waals surface area contributed by atoms with Gasteiger partial charge in [-0.25, -0.2) is 0 Å². The summed E-state index contributed by atoms with van der Waals surface area (Å²) >= 11 is 3.36. The van der Waals surface area contributed by atoms with Crippen LogP contribution in [-0.2, 0) is 11.3 Å². The monoisotopic (exact) mass is 288 g/mol. The van der Waals surface area contributed by atoms with Crippen molar-refractivity contribution in [1.82, 2.24) is 5.48 Å². The Labute approximate surface area is 102 Å². The second-order valence-electron chi connectivity index (χ2n) is 3.37. The van der Waals surface area contributed by atoms with Crippen LogP contribution in [0.4, 0.5) is 0 Å². The third kappa shape index (κ3) is 4.69. The number of hydrogen-bond acceptors (Lipinski definition) is 4. The first kappa shape index (κ1) is 13.1. The summed E-state index contributed by atoms with van der Waals surface area (Å²) in [6.07, 6.45) is 0.550. The van der Waals surface area contributed by atoms with Gasteiger partial charge in [-0.15, -0.1) is 0 Å². The fraction of sp³-hybridized carbons (Fsp3) is 0.400. The van der Waals surface area contributed by atoms with E-state index < -0.39 is 0 Å². The van der Waals surface area contributed by atoms with Gasteiger partial charge in [0.1, 0.15) is 6.04 Å². The van der Waals surface area contributed by atoms with E-state index in [2.05, 4.69) is 21.4 Å². The fourth-order valence-electron chi connectivity index (χ4n) is 1.44. The molecule has 16 heavy (non-hydrogen) atoms. The van der Waals surface area contributed by atoms with E-state index in [-0.39, 0.29) is 17.5 Å². The molecule has 0 aliphatic heterocycles. The number of hydroxylamine groups is 1. The molecule has 0 aliphatic carbocycles. The third-order valence-electron chi connectivity index (χ3n) is 2.03. The van der Waals surface area contributed by atoms with Gasteiger partial charge in [0, 0.05) is 9.40 Å². The number of nitrogens with one attached hydrogen (secondary N) is 1. The molecule has 1 N–H and O–H groups in total. The Morgan fingerprint density at radius 2 is 2.38 bits per heavy atom. The van der Waals surface area contributed by atoms with Crippen molar-refractivity contribution in [2.75, 3.05) is 13.7 Å². The molecule has 0 bridgehead atoms. The van der Waals surface area contributed by atoms with Crippen LogP contribution >= 0.6 is 15.9 Å². The lowest BCUT2D eigenvalue weighted by atomic mass is 10.1. The van der Waals surface area contributed by atoms with Crippen LogP contribution in [-0.4, -0.2) is 24.6 Å². The third-order valence-corrected chi connectivity index (χ3v) is 2.52. The Bertz CT molecular complexity index is 360. The van der Waals surface area contributed by atoms with E-state index in [9.17, 15) is 10.1 Å². The minimum atomic E-state index is -0.353. The van der Waals surface area contributed by atoms with Crippen LogP contribution in [0.1, 0.15) is 5.56 Å². The van der Waals surface area contributed by atoms with E-state index in [0.717, 1.165) is 10.0 Å². The van der Waals surface area contributed by atoms with Crippen molar-refractivity contribution in [2.45, 2.75) is 12.5 Å². The summed E-state index contributed by atoms with van der Waals surface area (Å²) in [5.41, 5.74) is 3.64. The van der Waals surface area contributed by atoms with Crippen LogP contribution in [0, 0.1) is 10.1 Å². The molecule has 0 aliphatic rings. The second-order valence-corrected chi connectivity index (χ2v) is 4.28. The zero-order valence-electron chi connectivity index (χ0n) is 8.85. The summed E-state index contributed by atoms with van der Waals surface area (Å²) < 4.78 is 0.960. The first-order valence-electron chi connectivity index (χ1n) is 4.76. The summed E-state index contributed by atoms with van der Waals surface area (Å²) in [6.45, 7) is -0.166. The van der Waals surface area contributed by atoms with Crippen LogP contribution in [0.3, 0.4) is 0 Å². The largest absolute Gasteiger partial charge is 0.305 e. The van der Waals surface area contributed by atoms with Crippen molar-refractivity contribution in [2.24, 2.45) is 0 Å². The summed E-state index contributed by atoms with van der Waals surface area (Å²) in [5, 5.41) is 10.4. The number of benzene rings is 1. The Morgan fingerprint density at radius 1 is 1.62 bits per heavy atom. The number of nitro groups is 1. The average molecular weight is 289 g/mol. The summed E-state index contributed by atoms with van der Waals surface area (Å²) in [4.78, 5) is 14.8. The predicted octanol–water partition coefficient (Wildman–Crippen LogP) is 1.79. The zero-order valence-corrected chi connectivity index (χ0v) is 10.4. The molecule has 0 saturated heterocycles. The topological polar surface area (TPSA) is 64.4 Å². The van der Waals surface area contributed by atoms with Crippen molar-refractivity contribution in [3.8, 4) is 0 Å². The molecule has 1 rings (SSSR count). The maximum Gasteiger partial charge on any atom is 0.221 e. The Morgan fingerprint density at radius 3 is 2.94 bits per heavy atom. The highest BCUT2D eigenvalue weighted by molar-refractivity contribution is 9.10. The van der Waals surface area contributed by atoms with E-state index in [0.29, 0.717) is 6.42 Å². The lowest BCUT2D eigenvalue weighted by Crippen LogP contribution is -2.36. The highest BCUT2D eigenvalue weighted by Gasteiger charge is 2.15. The van der Waals surface area contributed by atoms with Gasteiger partial charge < -0.3 is 4.84 Å². The van der Waals surface area contributed by atoms with Gasteiger partial charge >= 0.3 is 0 Å². The lowest BCUT2D eigenvalue weighted by Gasteiger charge is -2.13. The Kier molecular flexibility index (Phi) is 5.37. The Balaban J connectivity index is 2.63. The molecule has 1 aromatic rings. The number of rotatable bonds is 6. The van der Waals surface area contributed by atoms with E-state index in [1.807, 2.05) is 24.3 Å². The van der Waals surface area contributed by atoms with E-state index in [1.54, 1.807) is 0 Å². The number of hydrogen-bond donors (Lipinski definition) is 1. The van der Waals surface area contributed by atoms with Crippen molar-refractivity contribution in [1.29, 1.82) is 0 Å². The molecule has 6 heteroatoms. The van der Waals surface area contributed by atoms with Gasteiger partial charge in [0.15, 0.2) is 0 Å². The molecule has 0 spiro atoms. The molecule has 1 aromatic carbocycles. The molecule has 1 unspecified atom stereocenters. The van der Waals surface area contributed by atoms with Gasteiger partial charge in [-0.1, -0.05) is 28.1 Å². The number of halogens is 1. The van der Waals surface area contributed by atoms with Crippen LogP contribution in [0.2, 0.25) is 0 Å². The maximum atomic E-state index is 10.4. The molecule has 1 atom stereocenters. The minimum absolute atomic E-state index is 0.166. The van der Waals surface area contributed by atoms with Crippen molar-refractivity contribution in [3.05, 3.63) is 44.4 Å². The first-order chi connectivity index (χ1) is 7.61. The second kappa shape index (κ2) is 6.57. The highest BCUT2D eigenvalue weighted by atomic mass is 79.9. The first-order valence-corrected chi connectivity index (χ1v) is 5.56. The smallest absolute Gasteiger partial charge is 0.221 e. The molecular weight excluding hydrogens is 276 g/mol. The summed E-state index contributed by atoms with van der Waals surface area (Å²) in [5.74, 6) is 0. The van der Waals surface area contributed by atoms with Gasteiger partial charge in [0.2, 0.25) is 6.54 Å².